The Hall–Kier alpha value is -1.14. The smallest absolute Gasteiger partial charge is 0.191 e. The molecule has 4 nitrogen and oxygen atoms in total. The number of carbonyl (C=O) groups is 1. The fourth-order valence-electron chi connectivity index (χ4n) is 2.00. The highest BCUT2D eigenvalue weighted by atomic mass is 79.9. The predicted octanol–water partition coefficient (Wildman–Crippen LogP) is 3.99. The standard InChI is InChI=1S/C15H18BrN3OS/c1-3-5-14-17-18-15(19(14)4-2)21-10-13(20)11-6-8-12(16)9-7-11/h6-9H,3-5,10H2,1-2H3. The molecule has 0 amide bonds. The number of ketones is 1. The first-order chi connectivity index (χ1) is 10.2. The van der Waals surface area contributed by atoms with Crippen LogP contribution >= 0.6 is 27.7 Å². The molecule has 0 atom stereocenters. The monoisotopic (exact) mass is 367 g/mol. The summed E-state index contributed by atoms with van der Waals surface area (Å²) in [5, 5.41) is 9.24. The Morgan fingerprint density at radius 1 is 1.24 bits per heavy atom. The van der Waals surface area contributed by atoms with Gasteiger partial charge in [-0.05, 0) is 25.5 Å². The van der Waals surface area contributed by atoms with E-state index in [1.807, 2.05) is 24.3 Å². The summed E-state index contributed by atoms with van der Waals surface area (Å²) in [6.45, 7) is 5.03. The molecular weight excluding hydrogens is 350 g/mol. The van der Waals surface area contributed by atoms with Crippen LogP contribution < -0.4 is 0 Å². The van der Waals surface area contributed by atoms with Crippen LogP contribution in [-0.2, 0) is 13.0 Å². The number of Topliss-reactive ketones (excluding diaryl/α,β-unsaturated/α-hetero) is 1. The van der Waals surface area contributed by atoms with Crippen molar-refractivity contribution in [2.45, 2.75) is 38.4 Å². The van der Waals surface area contributed by atoms with Crippen molar-refractivity contribution < 1.29 is 4.79 Å². The fourth-order valence-corrected chi connectivity index (χ4v) is 3.18. The van der Waals surface area contributed by atoms with Gasteiger partial charge in [-0.25, -0.2) is 0 Å². The van der Waals surface area contributed by atoms with E-state index in [0.717, 1.165) is 40.4 Å². The third kappa shape index (κ3) is 4.17. The quantitative estimate of drug-likeness (QED) is 0.548. The maximum absolute atomic E-state index is 12.2. The molecule has 1 aromatic heterocycles. The van der Waals surface area contributed by atoms with Gasteiger partial charge in [0.2, 0.25) is 0 Å². The number of halogens is 1. The number of hydrogen-bond donors (Lipinski definition) is 0. The van der Waals surface area contributed by atoms with E-state index in [9.17, 15) is 4.79 Å². The lowest BCUT2D eigenvalue weighted by Gasteiger charge is -2.06. The van der Waals surface area contributed by atoms with Crippen LogP contribution in [0.1, 0.15) is 36.5 Å². The minimum absolute atomic E-state index is 0.107. The van der Waals surface area contributed by atoms with Crippen molar-refractivity contribution in [1.82, 2.24) is 14.8 Å². The van der Waals surface area contributed by atoms with Crippen LogP contribution in [0.3, 0.4) is 0 Å². The molecule has 2 aromatic rings. The third-order valence-electron chi connectivity index (χ3n) is 3.08. The van der Waals surface area contributed by atoms with Crippen molar-refractivity contribution in [3.8, 4) is 0 Å². The van der Waals surface area contributed by atoms with E-state index in [4.69, 9.17) is 0 Å². The summed E-state index contributed by atoms with van der Waals surface area (Å²) in [7, 11) is 0. The molecule has 0 aliphatic carbocycles. The molecule has 0 fully saturated rings. The van der Waals surface area contributed by atoms with E-state index in [1.165, 1.54) is 11.8 Å². The molecule has 0 saturated heterocycles. The summed E-state index contributed by atoms with van der Waals surface area (Å²) < 4.78 is 3.06. The number of benzene rings is 1. The zero-order valence-corrected chi connectivity index (χ0v) is 14.6. The number of rotatable bonds is 7. The summed E-state index contributed by atoms with van der Waals surface area (Å²) in [6, 6.07) is 7.43. The first-order valence-electron chi connectivity index (χ1n) is 6.99. The van der Waals surface area contributed by atoms with Gasteiger partial charge in [0.15, 0.2) is 10.9 Å². The van der Waals surface area contributed by atoms with Gasteiger partial charge >= 0.3 is 0 Å². The molecule has 1 heterocycles. The van der Waals surface area contributed by atoms with Gasteiger partial charge < -0.3 is 4.57 Å². The molecule has 21 heavy (non-hydrogen) atoms. The molecule has 6 heteroatoms. The average molecular weight is 368 g/mol. The minimum atomic E-state index is 0.107. The van der Waals surface area contributed by atoms with Crippen LogP contribution in [-0.4, -0.2) is 26.3 Å². The van der Waals surface area contributed by atoms with Gasteiger partial charge in [0, 0.05) is 23.0 Å². The van der Waals surface area contributed by atoms with E-state index in [2.05, 4.69) is 44.5 Å². The second-order valence-electron chi connectivity index (χ2n) is 4.61. The van der Waals surface area contributed by atoms with E-state index in [-0.39, 0.29) is 5.78 Å². The Balaban J connectivity index is 2.02. The maximum atomic E-state index is 12.2. The maximum Gasteiger partial charge on any atom is 0.191 e. The Bertz CT molecular complexity index is 610. The van der Waals surface area contributed by atoms with Crippen LogP contribution in [0.25, 0.3) is 0 Å². The average Bonchev–Trinajstić information content (AvgIpc) is 2.88. The van der Waals surface area contributed by atoms with E-state index < -0.39 is 0 Å². The van der Waals surface area contributed by atoms with Gasteiger partial charge in [0.05, 0.1) is 5.75 Å². The molecule has 2 rings (SSSR count). The molecular formula is C15H18BrN3OS. The molecule has 0 aliphatic rings. The van der Waals surface area contributed by atoms with E-state index in [0.29, 0.717) is 5.75 Å². The number of aromatic nitrogens is 3. The van der Waals surface area contributed by atoms with E-state index >= 15 is 0 Å². The molecule has 0 saturated carbocycles. The van der Waals surface area contributed by atoms with Gasteiger partial charge in [-0.3, -0.25) is 4.79 Å². The highest BCUT2D eigenvalue weighted by Crippen LogP contribution is 2.20. The van der Waals surface area contributed by atoms with Gasteiger partial charge in [-0.15, -0.1) is 10.2 Å². The van der Waals surface area contributed by atoms with Crippen molar-refractivity contribution >= 4 is 33.5 Å². The van der Waals surface area contributed by atoms with Crippen LogP contribution in [0.5, 0.6) is 0 Å². The minimum Gasteiger partial charge on any atom is -0.306 e. The van der Waals surface area contributed by atoms with Gasteiger partial charge in [0.25, 0.3) is 0 Å². The lowest BCUT2D eigenvalue weighted by Crippen LogP contribution is -2.06. The Morgan fingerprint density at radius 3 is 2.57 bits per heavy atom. The van der Waals surface area contributed by atoms with Crippen LogP contribution in [0.4, 0.5) is 0 Å². The lowest BCUT2D eigenvalue weighted by atomic mass is 10.2. The Kier molecular flexibility index (Phi) is 5.99. The topological polar surface area (TPSA) is 47.8 Å². The van der Waals surface area contributed by atoms with Gasteiger partial charge in [0.1, 0.15) is 5.82 Å². The first kappa shape index (κ1) is 16.2. The highest BCUT2D eigenvalue weighted by molar-refractivity contribution is 9.10. The lowest BCUT2D eigenvalue weighted by molar-refractivity contribution is 0.102. The number of hydrogen-bond acceptors (Lipinski definition) is 4. The first-order valence-corrected chi connectivity index (χ1v) is 8.77. The SMILES string of the molecule is CCCc1nnc(SCC(=O)c2ccc(Br)cc2)n1CC. The third-order valence-corrected chi connectivity index (χ3v) is 4.58. The number of carbonyl (C=O) groups excluding carboxylic acids is 1. The summed E-state index contributed by atoms with van der Waals surface area (Å²) in [5.74, 6) is 1.49. The second kappa shape index (κ2) is 7.75. The van der Waals surface area contributed by atoms with Gasteiger partial charge in [-0.2, -0.15) is 0 Å². The molecule has 0 unspecified atom stereocenters. The second-order valence-corrected chi connectivity index (χ2v) is 6.47. The summed E-state index contributed by atoms with van der Waals surface area (Å²) in [6.07, 6.45) is 1.96. The molecule has 0 N–H and O–H groups in total. The predicted molar refractivity (Wildman–Crippen MR) is 88.9 cm³/mol. The summed E-state index contributed by atoms with van der Waals surface area (Å²) >= 11 is 4.82. The zero-order valence-electron chi connectivity index (χ0n) is 12.2. The molecule has 0 bridgehead atoms. The highest BCUT2D eigenvalue weighted by Gasteiger charge is 2.13. The Labute approximate surface area is 137 Å². The largest absolute Gasteiger partial charge is 0.306 e. The van der Waals surface area contributed by atoms with Gasteiger partial charge in [-0.1, -0.05) is 46.7 Å². The molecule has 0 spiro atoms. The van der Waals surface area contributed by atoms with Crippen molar-refractivity contribution in [3.63, 3.8) is 0 Å². The van der Waals surface area contributed by atoms with Crippen molar-refractivity contribution in [2.24, 2.45) is 0 Å². The Morgan fingerprint density at radius 2 is 1.95 bits per heavy atom. The van der Waals surface area contributed by atoms with Crippen LogP contribution in [0, 0.1) is 0 Å². The van der Waals surface area contributed by atoms with Crippen molar-refractivity contribution in [2.75, 3.05) is 5.75 Å². The number of aryl methyl sites for hydroxylation is 1. The van der Waals surface area contributed by atoms with Crippen molar-refractivity contribution in [1.29, 1.82) is 0 Å². The summed E-state index contributed by atoms with van der Waals surface area (Å²) in [4.78, 5) is 12.2. The van der Waals surface area contributed by atoms with Crippen LogP contribution in [0.15, 0.2) is 33.9 Å². The molecule has 0 aliphatic heterocycles. The summed E-state index contributed by atoms with van der Waals surface area (Å²) in [5.41, 5.74) is 0.724. The molecule has 1 aromatic carbocycles. The normalized spacial score (nSPS) is 10.8. The zero-order chi connectivity index (χ0) is 15.2. The fraction of sp³-hybridized carbons (Fsp3) is 0.400. The number of nitrogens with zero attached hydrogens (tertiary/aromatic N) is 3. The number of thioether (sulfide) groups is 1. The van der Waals surface area contributed by atoms with E-state index in [1.54, 1.807) is 0 Å². The molecule has 0 radical (unpaired) electrons. The van der Waals surface area contributed by atoms with Crippen molar-refractivity contribution in [3.05, 3.63) is 40.1 Å². The van der Waals surface area contributed by atoms with Crippen LogP contribution in [0.2, 0.25) is 0 Å². The molecule has 112 valence electrons.